The van der Waals surface area contributed by atoms with Gasteiger partial charge in [0.05, 0.1) is 6.10 Å². The van der Waals surface area contributed by atoms with Gasteiger partial charge in [0.2, 0.25) is 0 Å². The third-order valence-electron chi connectivity index (χ3n) is 6.97. The molecule has 144 valence electrons. The Labute approximate surface area is 162 Å². The van der Waals surface area contributed by atoms with Crippen LogP contribution in [0.25, 0.3) is 0 Å². The van der Waals surface area contributed by atoms with Crippen LogP contribution in [0.4, 0.5) is 0 Å². The second kappa shape index (κ2) is 8.62. The number of likely N-dealkylation sites (N-methyl/N-ethyl adjacent to an activating group) is 1. The van der Waals surface area contributed by atoms with E-state index in [1.165, 1.54) is 44.1 Å². The Morgan fingerprint density at radius 3 is 2.19 bits per heavy atom. The Bertz CT molecular complexity index is 551. The second-order valence-corrected chi connectivity index (χ2v) is 15.2. The second-order valence-electron chi connectivity index (χ2n) is 9.78. The molecule has 2 aliphatic heterocycles. The molecule has 0 radical (unpaired) electrons. The van der Waals surface area contributed by atoms with Gasteiger partial charge in [-0.3, -0.25) is 0 Å². The number of rotatable bonds is 6. The van der Waals surface area contributed by atoms with Crippen LogP contribution >= 0.6 is 0 Å². The van der Waals surface area contributed by atoms with E-state index in [1.54, 1.807) is 0 Å². The molecule has 2 fully saturated rings. The molecule has 1 aromatic carbocycles. The maximum absolute atomic E-state index is 7.14. The summed E-state index contributed by atoms with van der Waals surface area (Å²) >= 11 is 0. The molecule has 2 aliphatic rings. The van der Waals surface area contributed by atoms with Crippen molar-refractivity contribution >= 4 is 15.0 Å². The lowest BCUT2D eigenvalue weighted by atomic mass is 9.50. The minimum Gasteiger partial charge on any atom is -0.427 e. The first kappa shape index (κ1) is 20.2. The molecule has 1 aromatic rings. The molecule has 3 rings (SSSR count). The van der Waals surface area contributed by atoms with E-state index in [4.69, 9.17) is 4.65 Å². The molecule has 0 aliphatic carbocycles. The highest BCUT2D eigenvalue weighted by molar-refractivity contribution is 6.88. The van der Waals surface area contributed by atoms with E-state index in [0.29, 0.717) is 13.0 Å². The van der Waals surface area contributed by atoms with E-state index in [2.05, 4.69) is 69.3 Å². The monoisotopic (exact) mass is 371 g/mol. The SMILES string of the molecule is CNC(C)C(OB1C2CCCC(CCC2)[C@@H]1[Si](C)(C)C)c1ccccc1. The van der Waals surface area contributed by atoms with E-state index in [0.717, 1.165) is 17.2 Å². The highest BCUT2D eigenvalue weighted by Gasteiger charge is 2.50. The van der Waals surface area contributed by atoms with Crippen LogP contribution in [0.15, 0.2) is 30.3 Å². The van der Waals surface area contributed by atoms with Gasteiger partial charge in [-0.05, 0) is 36.7 Å². The summed E-state index contributed by atoms with van der Waals surface area (Å²) < 4.78 is 7.14. The number of fused-ring (bicyclic) bond motifs is 3. The van der Waals surface area contributed by atoms with Gasteiger partial charge in [-0.2, -0.15) is 0 Å². The lowest BCUT2D eigenvalue weighted by Crippen LogP contribution is -2.47. The van der Waals surface area contributed by atoms with Crippen molar-refractivity contribution in [3.63, 3.8) is 0 Å². The van der Waals surface area contributed by atoms with Crippen molar-refractivity contribution in [3.05, 3.63) is 35.9 Å². The van der Waals surface area contributed by atoms with Crippen LogP contribution in [-0.4, -0.2) is 28.1 Å². The van der Waals surface area contributed by atoms with E-state index >= 15 is 0 Å². The van der Waals surface area contributed by atoms with Crippen molar-refractivity contribution in [1.82, 2.24) is 5.32 Å². The Kier molecular flexibility index (Phi) is 6.69. The van der Waals surface area contributed by atoms with E-state index in [1.807, 2.05) is 0 Å². The summed E-state index contributed by atoms with van der Waals surface area (Å²) in [5.41, 5.74) is 2.12. The maximum atomic E-state index is 7.14. The van der Waals surface area contributed by atoms with Crippen molar-refractivity contribution < 1.29 is 4.65 Å². The van der Waals surface area contributed by atoms with Crippen LogP contribution in [-0.2, 0) is 4.65 Å². The highest BCUT2D eigenvalue weighted by Crippen LogP contribution is 2.51. The molecule has 3 atom stereocenters. The van der Waals surface area contributed by atoms with Crippen LogP contribution in [0.5, 0.6) is 0 Å². The topological polar surface area (TPSA) is 21.3 Å². The van der Waals surface area contributed by atoms with E-state index in [-0.39, 0.29) is 6.10 Å². The minimum absolute atomic E-state index is 0.143. The summed E-state index contributed by atoms with van der Waals surface area (Å²) in [7, 11) is 0.765. The smallest absolute Gasteiger partial charge is 0.297 e. The molecule has 0 saturated carbocycles. The fourth-order valence-electron chi connectivity index (χ4n) is 5.67. The average Bonchev–Trinajstić information content (AvgIpc) is 2.87. The fourth-order valence-corrected chi connectivity index (χ4v) is 8.75. The molecule has 2 bridgehead atoms. The predicted octanol–water partition coefficient (Wildman–Crippen LogP) is 5.95. The van der Waals surface area contributed by atoms with Crippen molar-refractivity contribution in [1.29, 1.82) is 0 Å². The predicted molar refractivity (Wildman–Crippen MR) is 117 cm³/mol. The third kappa shape index (κ3) is 4.45. The molecule has 2 nitrogen and oxygen atoms in total. The van der Waals surface area contributed by atoms with Gasteiger partial charge in [0.25, 0.3) is 6.92 Å². The van der Waals surface area contributed by atoms with Gasteiger partial charge in [-0.1, -0.05) is 88.5 Å². The molecule has 0 amide bonds. The van der Waals surface area contributed by atoms with Crippen molar-refractivity contribution in [2.75, 3.05) is 7.05 Å². The zero-order valence-electron chi connectivity index (χ0n) is 17.5. The van der Waals surface area contributed by atoms with Crippen molar-refractivity contribution in [2.45, 2.75) is 88.5 Å². The summed E-state index contributed by atoms with van der Waals surface area (Å²) in [6.07, 6.45) is 8.58. The Balaban J connectivity index is 1.94. The lowest BCUT2D eigenvalue weighted by molar-refractivity contribution is 0.158. The van der Waals surface area contributed by atoms with Gasteiger partial charge in [0.15, 0.2) is 0 Å². The number of hydrogen-bond acceptors (Lipinski definition) is 2. The molecule has 0 spiro atoms. The van der Waals surface area contributed by atoms with Gasteiger partial charge in [0, 0.05) is 14.1 Å². The van der Waals surface area contributed by atoms with Crippen LogP contribution in [0.1, 0.15) is 57.1 Å². The van der Waals surface area contributed by atoms with Gasteiger partial charge >= 0.3 is 0 Å². The lowest BCUT2D eigenvalue weighted by Gasteiger charge is -2.41. The van der Waals surface area contributed by atoms with E-state index < -0.39 is 8.07 Å². The first-order valence-corrected chi connectivity index (χ1v) is 14.4. The molecule has 4 heteroatoms. The molecule has 0 aromatic heterocycles. The molecule has 26 heavy (non-hydrogen) atoms. The molecule has 2 unspecified atom stereocenters. The Morgan fingerprint density at radius 1 is 1.04 bits per heavy atom. The van der Waals surface area contributed by atoms with Crippen LogP contribution < -0.4 is 5.32 Å². The first-order chi connectivity index (χ1) is 12.4. The van der Waals surface area contributed by atoms with Gasteiger partial charge in [-0.25, -0.2) is 0 Å². The van der Waals surface area contributed by atoms with E-state index in [9.17, 15) is 0 Å². The minimum atomic E-state index is -1.30. The normalized spacial score (nSPS) is 29.1. The fraction of sp³-hybridized carbons (Fsp3) is 0.727. The van der Waals surface area contributed by atoms with Crippen molar-refractivity contribution in [3.8, 4) is 0 Å². The zero-order valence-corrected chi connectivity index (χ0v) is 18.5. The summed E-state index contributed by atoms with van der Waals surface area (Å²) in [6, 6.07) is 11.2. The largest absolute Gasteiger partial charge is 0.427 e. The summed E-state index contributed by atoms with van der Waals surface area (Å²) in [4.78, 5) is 0. The summed E-state index contributed by atoms with van der Waals surface area (Å²) in [5.74, 6) is 1.65. The maximum Gasteiger partial charge on any atom is 0.297 e. The first-order valence-electron chi connectivity index (χ1n) is 10.8. The molecule has 2 heterocycles. The standard InChI is InChI=1S/C22H38BNOSi/c1-17(24-2)21(18-11-7-6-8-12-18)25-23-20-15-9-13-19(14-10-16-20)22(23)26(3,4)5/h6-8,11-12,17,19-22,24H,9-10,13-16H2,1-5H3/t17?,19?,20?,21?,22-/m0/s1. The Hall–Kier alpha value is -0.578. The molecule has 1 N–H and O–H groups in total. The average molecular weight is 371 g/mol. The van der Waals surface area contributed by atoms with Crippen LogP contribution in [0, 0.1) is 5.92 Å². The number of hydrogen-bond donors (Lipinski definition) is 1. The number of benzene rings is 1. The zero-order chi connectivity index (χ0) is 18.7. The summed E-state index contributed by atoms with van der Waals surface area (Å²) in [5, 5.41) is 3.47. The van der Waals surface area contributed by atoms with Crippen LogP contribution in [0.3, 0.4) is 0 Å². The third-order valence-corrected chi connectivity index (χ3v) is 9.77. The quantitative estimate of drug-likeness (QED) is 0.624. The Morgan fingerprint density at radius 2 is 1.65 bits per heavy atom. The molecule has 2 saturated heterocycles. The highest BCUT2D eigenvalue weighted by atomic mass is 28.3. The van der Waals surface area contributed by atoms with Crippen molar-refractivity contribution in [2.24, 2.45) is 5.92 Å². The summed E-state index contributed by atoms with van der Waals surface area (Å²) in [6.45, 7) is 10.4. The van der Waals surface area contributed by atoms with Gasteiger partial charge < -0.3 is 9.97 Å². The van der Waals surface area contributed by atoms with Crippen LogP contribution in [0.2, 0.25) is 30.9 Å². The van der Waals surface area contributed by atoms with Gasteiger partial charge in [-0.15, -0.1) is 0 Å². The van der Waals surface area contributed by atoms with Gasteiger partial charge in [0.1, 0.15) is 0 Å². The molecular weight excluding hydrogens is 333 g/mol. The molecular formula is C22H38BNOSi. The number of nitrogens with one attached hydrogen (secondary N) is 1.